The van der Waals surface area contributed by atoms with Crippen molar-refractivity contribution in [2.24, 2.45) is 10.7 Å². The van der Waals surface area contributed by atoms with Gasteiger partial charge in [0.15, 0.2) is 5.78 Å². The molecule has 0 saturated heterocycles. The van der Waals surface area contributed by atoms with Gasteiger partial charge in [0.05, 0.1) is 11.1 Å². The monoisotopic (exact) mass is 351 g/mol. The van der Waals surface area contributed by atoms with E-state index in [4.69, 9.17) is 5.73 Å². The number of aromatic nitrogens is 1. The fraction of sp³-hybridized carbons (Fsp3) is 0.300. The molecule has 2 aromatic heterocycles. The normalized spacial score (nSPS) is 15.0. The molecule has 2 N–H and O–H groups in total. The van der Waals surface area contributed by atoms with Gasteiger partial charge in [-0.2, -0.15) is 11.3 Å². The van der Waals surface area contributed by atoms with E-state index >= 15 is 0 Å². The van der Waals surface area contributed by atoms with Gasteiger partial charge in [-0.15, -0.1) is 0 Å². The van der Waals surface area contributed by atoms with Crippen LogP contribution in [0.1, 0.15) is 60.8 Å². The molecule has 0 aromatic carbocycles. The standard InChI is InChI=1S/C20H21N3OS/c1-5-22-19-17(13(2)21)18(14(3)24)16(23(19)20(4)9-10-20)7-6-15-8-11-25-12-15/h5,8,11-12H,2,9-10,21H2,1,3-4H3/b22-5-. The number of rotatable bonds is 4. The summed E-state index contributed by atoms with van der Waals surface area (Å²) >= 11 is 1.59. The van der Waals surface area contributed by atoms with Crippen LogP contribution in [0.25, 0.3) is 5.70 Å². The van der Waals surface area contributed by atoms with E-state index in [1.807, 2.05) is 23.8 Å². The molecule has 5 heteroatoms. The lowest BCUT2D eigenvalue weighted by molar-refractivity contribution is 0.101. The van der Waals surface area contributed by atoms with Crippen molar-refractivity contribution in [3.63, 3.8) is 0 Å². The van der Waals surface area contributed by atoms with Crippen molar-refractivity contribution >= 4 is 34.8 Å². The van der Waals surface area contributed by atoms with Crippen LogP contribution < -0.4 is 5.73 Å². The fourth-order valence-electron chi connectivity index (χ4n) is 2.97. The maximum atomic E-state index is 12.4. The summed E-state index contributed by atoms with van der Waals surface area (Å²) in [5, 5.41) is 3.97. The maximum absolute atomic E-state index is 12.4. The van der Waals surface area contributed by atoms with Crippen LogP contribution in [-0.4, -0.2) is 16.6 Å². The van der Waals surface area contributed by atoms with Crippen molar-refractivity contribution in [1.82, 2.24) is 4.57 Å². The Morgan fingerprint density at radius 1 is 1.44 bits per heavy atom. The number of thiophene rings is 1. The van der Waals surface area contributed by atoms with E-state index in [2.05, 4.69) is 34.9 Å². The molecule has 1 fully saturated rings. The Hall–Kier alpha value is -2.58. The van der Waals surface area contributed by atoms with Crippen molar-refractivity contribution in [2.45, 2.75) is 39.2 Å². The summed E-state index contributed by atoms with van der Waals surface area (Å²) in [6.45, 7) is 9.41. The summed E-state index contributed by atoms with van der Waals surface area (Å²) in [6, 6.07) is 1.96. The number of Topliss-reactive ketones (excluding diaryl/α,β-unsaturated/α-hetero) is 1. The summed E-state index contributed by atoms with van der Waals surface area (Å²) in [7, 11) is 0. The first-order chi connectivity index (χ1) is 11.9. The van der Waals surface area contributed by atoms with Crippen LogP contribution in [0, 0.1) is 11.8 Å². The number of nitrogens with zero attached hydrogens (tertiary/aromatic N) is 2. The average Bonchev–Trinajstić information content (AvgIpc) is 3.00. The van der Waals surface area contributed by atoms with Gasteiger partial charge >= 0.3 is 0 Å². The molecular weight excluding hydrogens is 330 g/mol. The Morgan fingerprint density at radius 3 is 2.64 bits per heavy atom. The first kappa shape index (κ1) is 17.2. The molecule has 0 aliphatic heterocycles. The highest BCUT2D eigenvalue weighted by Gasteiger charge is 2.44. The number of nitrogens with two attached hydrogens (primary N) is 1. The molecule has 1 aliphatic rings. The van der Waals surface area contributed by atoms with Crippen LogP contribution in [0.3, 0.4) is 0 Å². The van der Waals surface area contributed by atoms with Crippen molar-refractivity contribution in [2.75, 3.05) is 0 Å². The first-order valence-electron chi connectivity index (χ1n) is 8.17. The number of hydrogen-bond acceptors (Lipinski definition) is 4. The van der Waals surface area contributed by atoms with Crippen molar-refractivity contribution in [1.29, 1.82) is 0 Å². The predicted molar refractivity (Wildman–Crippen MR) is 105 cm³/mol. The minimum absolute atomic E-state index is 0.0771. The molecule has 4 nitrogen and oxygen atoms in total. The summed E-state index contributed by atoms with van der Waals surface area (Å²) in [5.74, 6) is 6.98. The van der Waals surface area contributed by atoms with Gasteiger partial charge in [-0.1, -0.05) is 12.5 Å². The van der Waals surface area contributed by atoms with Gasteiger partial charge in [0.2, 0.25) is 0 Å². The molecule has 1 aliphatic carbocycles. The number of ketones is 1. The molecule has 3 rings (SSSR count). The Bertz CT molecular complexity index is 932. The van der Waals surface area contributed by atoms with Gasteiger partial charge in [0.25, 0.3) is 0 Å². The molecule has 0 spiro atoms. The zero-order valence-electron chi connectivity index (χ0n) is 14.7. The lowest BCUT2D eigenvalue weighted by Gasteiger charge is -2.16. The lowest BCUT2D eigenvalue weighted by atomic mass is 10.0. The van der Waals surface area contributed by atoms with Crippen LogP contribution in [0.2, 0.25) is 0 Å². The highest BCUT2D eigenvalue weighted by molar-refractivity contribution is 7.08. The average molecular weight is 351 g/mol. The molecule has 2 aromatic rings. The number of carbonyl (C=O) groups is 1. The topological polar surface area (TPSA) is 60.4 Å². The molecule has 0 unspecified atom stereocenters. The smallest absolute Gasteiger partial charge is 0.163 e. The van der Waals surface area contributed by atoms with Gasteiger partial charge in [-0.25, -0.2) is 4.99 Å². The second-order valence-electron chi connectivity index (χ2n) is 6.49. The van der Waals surface area contributed by atoms with Gasteiger partial charge in [-0.05, 0) is 51.0 Å². The van der Waals surface area contributed by atoms with Gasteiger partial charge in [0.1, 0.15) is 11.5 Å². The van der Waals surface area contributed by atoms with Crippen LogP contribution in [0.4, 0.5) is 5.82 Å². The van der Waals surface area contributed by atoms with E-state index in [1.54, 1.807) is 17.6 Å². The summed E-state index contributed by atoms with van der Waals surface area (Å²) in [6.07, 6.45) is 3.76. The first-order valence-corrected chi connectivity index (χ1v) is 9.11. The summed E-state index contributed by atoms with van der Waals surface area (Å²) < 4.78 is 2.08. The van der Waals surface area contributed by atoms with E-state index in [9.17, 15) is 4.79 Å². The van der Waals surface area contributed by atoms with Crippen molar-refractivity contribution in [3.8, 4) is 11.8 Å². The predicted octanol–water partition coefficient (Wildman–Crippen LogP) is 4.31. The largest absolute Gasteiger partial charge is 0.399 e. The second kappa shape index (κ2) is 6.38. The van der Waals surface area contributed by atoms with Crippen LogP contribution in [0.5, 0.6) is 0 Å². The van der Waals surface area contributed by atoms with E-state index in [-0.39, 0.29) is 11.3 Å². The minimum atomic E-state index is -0.0849. The molecule has 0 amide bonds. The van der Waals surface area contributed by atoms with Crippen molar-refractivity contribution in [3.05, 3.63) is 45.8 Å². The number of hydrogen-bond donors (Lipinski definition) is 1. The number of carbonyl (C=O) groups excluding carboxylic acids is 1. The molecule has 1 saturated carbocycles. The second-order valence-corrected chi connectivity index (χ2v) is 7.27. The Balaban J connectivity index is 2.36. The highest BCUT2D eigenvalue weighted by atomic mass is 32.1. The molecular formula is C20H21N3OS. The van der Waals surface area contributed by atoms with Gasteiger partial charge < -0.3 is 10.3 Å². The van der Waals surface area contributed by atoms with Crippen LogP contribution in [-0.2, 0) is 5.54 Å². The Kier molecular flexibility index (Phi) is 4.40. The van der Waals surface area contributed by atoms with Crippen molar-refractivity contribution < 1.29 is 4.79 Å². The third kappa shape index (κ3) is 3.06. The van der Waals surface area contributed by atoms with Crippen LogP contribution >= 0.6 is 11.3 Å². The fourth-order valence-corrected chi connectivity index (χ4v) is 3.55. The van der Waals surface area contributed by atoms with E-state index in [1.165, 1.54) is 6.92 Å². The SMILES string of the molecule is C=C(N)c1c(C(C)=O)c(C#Cc2ccsc2)n(C2(C)CC2)c1/N=C\C. The van der Waals surface area contributed by atoms with Gasteiger partial charge in [-0.3, -0.25) is 4.79 Å². The molecule has 0 radical (unpaired) electrons. The molecule has 0 atom stereocenters. The summed E-state index contributed by atoms with van der Waals surface area (Å²) in [5.41, 5.74) is 9.03. The minimum Gasteiger partial charge on any atom is -0.399 e. The Labute approximate surface area is 152 Å². The van der Waals surface area contributed by atoms with Gasteiger partial charge in [0, 0.05) is 28.4 Å². The summed E-state index contributed by atoms with van der Waals surface area (Å²) in [4.78, 5) is 17.0. The van der Waals surface area contributed by atoms with E-state index < -0.39 is 0 Å². The van der Waals surface area contributed by atoms with E-state index in [0.717, 1.165) is 18.4 Å². The maximum Gasteiger partial charge on any atom is 0.163 e. The highest BCUT2D eigenvalue weighted by Crippen LogP contribution is 2.49. The molecule has 0 bridgehead atoms. The third-order valence-corrected chi connectivity index (χ3v) is 5.11. The lowest BCUT2D eigenvalue weighted by Crippen LogP contribution is -2.15. The molecule has 128 valence electrons. The Morgan fingerprint density at radius 2 is 2.16 bits per heavy atom. The quantitative estimate of drug-likeness (QED) is 0.507. The van der Waals surface area contributed by atoms with E-state index in [0.29, 0.717) is 28.3 Å². The zero-order chi connectivity index (χ0) is 18.2. The van der Waals surface area contributed by atoms with Crippen LogP contribution in [0.15, 0.2) is 28.4 Å². The zero-order valence-corrected chi connectivity index (χ0v) is 15.5. The molecule has 25 heavy (non-hydrogen) atoms. The number of aliphatic imine (C=N–C) groups is 1. The third-order valence-electron chi connectivity index (χ3n) is 4.43. The molecule has 2 heterocycles.